The maximum absolute atomic E-state index is 11.6. The van der Waals surface area contributed by atoms with E-state index in [4.69, 9.17) is 10.8 Å². The summed E-state index contributed by atoms with van der Waals surface area (Å²) in [6.07, 6.45) is 3.47. The van der Waals surface area contributed by atoms with E-state index in [9.17, 15) is 9.59 Å². The number of carbonyl (C=O) groups excluding carboxylic acids is 1. The Kier molecular flexibility index (Phi) is 5.87. The monoisotopic (exact) mass is 317 g/mol. The zero-order valence-electron chi connectivity index (χ0n) is 9.78. The number of carboxylic acid groups (broad SMARTS) is 1. The highest BCUT2D eigenvalue weighted by atomic mass is 79.9. The van der Waals surface area contributed by atoms with Gasteiger partial charge in [-0.25, -0.2) is 0 Å². The van der Waals surface area contributed by atoms with Gasteiger partial charge in [0.2, 0.25) is 0 Å². The number of aliphatic carboxylic acids is 1. The van der Waals surface area contributed by atoms with Crippen molar-refractivity contribution in [3.05, 3.63) is 22.4 Å². The first-order valence-electron chi connectivity index (χ1n) is 5.61. The summed E-state index contributed by atoms with van der Waals surface area (Å²) in [4.78, 5) is 24.9. The zero-order chi connectivity index (χ0) is 13.5. The minimum absolute atomic E-state index is 0.178. The number of amides is 1. The third kappa shape index (κ3) is 4.89. The Morgan fingerprint density at radius 2 is 2.22 bits per heavy atom. The molecule has 0 aromatic carbocycles. The number of nitrogens with two attached hydrogens (primary N) is 1. The highest BCUT2D eigenvalue weighted by molar-refractivity contribution is 9.10. The lowest BCUT2D eigenvalue weighted by molar-refractivity contribution is -0.138. The first-order valence-corrected chi connectivity index (χ1v) is 6.40. The summed E-state index contributed by atoms with van der Waals surface area (Å²) in [6.45, 7) is 0.502. The normalized spacial score (nSPS) is 12.1. The van der Waals surface area contributed by atoms with Gasteiger partial charge >= 0.3 is 5.97 Å². The van der Waals surface area contributed by atoms with Crippen molar-refractivity contribution in [2.75, 3.05) is 6.54 Å². The Labute approximate surface area is 113 Å². The summed E-state index contributed by atoms with van der Waals surface area (Å²) in [5.41, 5.74) is 5.85. The predicted molar refractivity (Wildman–Crippen MR) is 70.3 cm³/mol. The van der Waals surface area contributed by atoms with Crippen LogP contribution >= 0.6 is 15.9 Å². The highest BCUT2D eigenvalue weighted by Gasteiger charge is 2.10. The molecule has 0 unspecified atom stereocenters. The van der Waals surface area contributed by atoms with E-state index >= 15 is 0 Å². The third-order valence-electron chi connectivity index (χ3n) is 2.44. The van der Waals surface area contributed by atoms with Crippen LogP contribution in [0.1, 0.15) is 29.8 Å². The number of unbranched alkanes of at least 4 members (excludes halogenated alkanes) is 1. The largest absolute Gasteiger partial charge is 0.480 e. The maximum atomic E-state index is 11.6. The first kappa shape index (κ1) is 14.7. The first-order chi connectivity index (χ1) is 8.50. The van der Waals surface area contributed by atoms with E-state index < -0.39 is 12.0 Å². The van der Waals surface area contributed by atoms with Gasteiger partial charge in [-0.05, 0) is 41.3 Å². The van der Waals surface area contributed by atoms with Crippen LogP contribution in [0.4, 0.5) is 0 Å². The number of aromatic amines is 1. The molecule has 0 aliphatic heterocycles. The Morgan fingerprint density at radius 3 is 2.78 bits per heavy atom. The molecule has 1 aromatic rings. The zero-order valence-corrected chi connectivity index (χ0v) is 11.4. The van der Waals surface area contributed by atoms with Gasteiger partial charge in [-0.1, -0.05) is 0 Å². The number of hydrogen-bond donors (Lipinski definition) is 4. The molecule has 100 valence electrons. The molecule has 0 bridgehead atoms. The number of aromatic nitrogens is 1. The number of rotatable bonds is 7. The van der Waals surface area contributed by atoms with E-state index in [1.807, 2.05) is 0 Å². The molecule has 0 spiro atoms. The fraction of sp³-hybridized carbons (Fsp3) is 0.455. The number of hydrogen-bond acceptors (Lipinski definition) is 3. The van der Waals surface area contributed by atoms with E-state index in [2.05, 4.69) is 26.2 Å². The molecule has 0 radical (unpaired) electrons. The summed E-state index contributed by atoms with van der Waals surface area (Å²) in [5, 5.41) is 11.3. The van der Waals surface area contributed by atoms with Crippen molar-refractivity contribution >= 4 is 27.8 Å². The van der Waals surface area contributed by atoms with E-state index in [-0.39, 0.29) is 5.91 Å². The molecule has 1 amide bonds. The average Bonchev–Trinajstić information content (AvgIpc) is 2.74. The maximum Gasteiger partial charge on any atom is 0.320 e. The number of nitrogens with one attached hydrogen (secondary N) is 2. The van der Waals surface area contributed by atoms with Gasteiger partial charge in [-0.2, -0.15) is 0 Å². The minimum Gasteiger partial charge on any atom is -0.480 e. The van der Waals surface area contributed by atoms with Crippen LogP contribution in [0.15, 0.2) is 16.7 Å². The Balaban J connectivity index is 2.15. The highest BCUT2D eigenvalue weighted by Crippen LogP contribution is 2.10. The molecule has 0 aliphatic rings. The lowest BCUT2D eigenvalue weighted by Gasteiger charge is -2.06. The molecule has 18 heavy (non-hydrogen) atoms. The van der Waals surface area contributed by atoms with Crippen LogP contribution in [0.5, 0.6) is 0 Å². The SMILES string of the molecule is N[C@@H](CCCCNC(=O)c1cc(Br)c[nH]1)C(=O)O. The average molecular weight is 318 g/mol. The lowest BCUT2D eigenvalue weighted by atomic mass is 10.1. The molecule has 0 saturated carbocycles. The van der Waals surface area contributed by atoms with Crippen molar-refractivity contribution in [2.24, 2.45) is 5.73 Å². The lowest BCUT2D eigenvalue weighted by Crippen LogP contribution is -2.30. The molecule has 1 atom stereocenters. The van der Waals surface area contributed by atoms with Gasteiger partial charge in [0.1, 0.15) is 11.7 Å². The van der Waals surface area contributed by atoms with Crippen molar-refractivity contribution in [3.8, 4) is 0 Å². The van der Waals surface area contributed by atoms with Crippen LogP contribution in [0.3, 0.4) is 0 Å². The van der Waals surface area contributed by atoms with E-state index in [1.54, 1.807) is 12.3 Å². The van der Waals surface area contributed by atoms with Crippen LogP contribution in [-0.2, 0) is 4.79 Å². The van der Waals surface area contributed by atoms with Gasteiger partial charge in [0.15, 0.2) is 0 Å². The van der Waals surface area contributed by atoms with Crippen LogP contribution < -0.4 is 11.1 Å². The van der Waals surface area contributed by atoms with E-state index in [0.717, 1.165) is 4.47 Å². The Hall–Kier alpha value is -1.34. The standard InChI is InChI=1S/C11H16BrN3O3/c12-7-5-9(15-6-7)10(16)14-4-2-1-3-8(13)11(17)18/h5-6,8,15H,1-4,13H2,(H,14,16)(H,17,18)/t8-/m0/s1. The van der Waals surface area contributed by atoms with Crippen molar-refractivity contribution in [1.82, 2.24) is 10.3 Å². The van der Waals surface area contributed by atoms with Crippen LogP contribution in [0.2, 0.25) is 0 Å². The van der Waals surface area contributed by atoms with E-state index in [0.29, 0.717) is 31.5 Å². The minimum atomic E-state index is -0.990. The molecule has 0 fully saturated rings. The summed E-state index contributed by atoms with van der Waals surface area (Å²) >= 11 is 3.24. The molecule has 0 saturated heterocycles. The van der Waals surface area contributed by atoms with Gasteiger partial charge in [0, 0.05) is 17.2 Å². The molecule has 0 aliphatic carbocycles. The second-order valence-corrected chi connectivity index (χ2v) is 4.84. The van der Waals surface area contributed by atoms with Crippen molar-refractivity contribution < 1.29 is 14.7 Å². The van der Waals surface area contributed by atoms with Crippen molar-refractivity contribution in [3.63, 3.8) is 0 Å². The Morgan fingerprint density at radius 1 is 1.50 bits per heavy atom. The quantitative estimate of drug-likeness (QED) is 0.564. The second kappa shape index (κ2) is 7.17. The fourth-order valence-corrected chi connectivity index (χ4v) is 1.75. The number of carbonyl (C=O) groups is 2. The number of H-pyrrole nitrogens is 1. The molecular weight excluding hydrogens is 302 g/mol. The topological polar surface area (TPSA) is 108 Å². The Bertz CT molecular complexity index is 419. The van der Waals surface area contributed by atoms with Gasteiger partial charge < -0.3 is 21.1 Å². The van der Waals surface area contributed by atoms with Gasteiger partial charge in [-0.3, -0.25) is 9.59 Å². The summed E-state index contributed by atoms with van der Waals surface area (Å²) < 4.78 is 0.820. The van der Waals surface area contributed by atoms with Gasteiger partial charge in [-0.15, -0.1) is 0 Å². The molecule has 1 aromatic heterocycles. The third-order valence-corrected chi connectivity index (χ3v) is 2.89. The van der Waals surface area contributed by atoms with Crippen LogP contribution in [0.25, 0.3) is 0 Å². The molecule has 6 nitrogen and oxygen atoms in total. The smallest absolute Gasteiger partial charge is 0.320 e. The van der Waals surface area contributed by atoms with Crippen LogP contribution in [0, 0.1) is 0 Å². The molecular formula is C11H16BrN3O3. The van der Waals surface area contributed by atoms with Crippen molar-refractivity contribution in [2.45, 2.75) is 25.3 Å². The second-order valence-electron chi connectivity index (χ2n) is 3.93. The van der Waals surface area contributed by atoms with Gasteiger partial charge in [0.25, 0.3) is 5.91 Å². The van der Waals surface area contributed by atoms with Gasteiger partial charge in [0.05, 0.1) is 0 Å². The molecule has 5 N–H and O–H groups in total. The summed E-state index contributed by atoms with van der Waals surface area (Å²) in [5.74, 6) is -1.17. The number of halogens is 1. The fourth-order valence-electron chi connectivity index (χ4n) is 1.41. The van der Waals surface area contributed by atoms with Crippen LogP contribution in [-0.4, -0.2) is 34.6 Å². The van der Waals surface area contributed by atoms with E-state index in [1.165, 1.54) is 0 Å². The predicted octanol–water partition coefficient (Wildman–Crippen LogP) is 1.09. The molecule has 7 heteroatoms. The molecule has 1 heterocycles. The molecule has 1 rings (SSSR count). The summed E-state index contributed by atoms with van der Waals surface area (Å²) in [6, 6.07) is 0.871. The number of carboxylic acids is 1. The summed E-state index contributed by atoms with van der Waals surface area (Å²) in [7, 11) is 0. The van der Waals surface area contributed by atoms with Crippen molar-refractivity contribution in [1.29, 1.82) is 0 Å².